The fourth-order valence-corrected chi connectivity index (χ4v) is 3.25. The monoisotopic (exact) mass is 280 g/mol. The molecule has 0 saturated carbocycles. The molecule has 2 rings (SSSR count). The van der Waals surface area contributed by atoms with Crippen molar-refractivity contribution in [3.63, 3.8) is 0 Å². The van der Waals surface area contributed by atoms with E-state index in [1.807, 2.05) is 6.20 Å². The maximum Gasteiger partial charge on any atom is 0.177 e. The van der Waals surface area contributed by atoms with Crippen LogP contribution >= 0.6 is 23.6 Å². The van der Waals surface area contributed by atoms with Gasteiger partial charge in [-0.15, -0.1) is 0 Å². The summed E-state index contributed by atoms with van der Waals surface area (Å²) in [6.07, 6.45) is 3.07. The zero-order valence-electron chi connectivity index (χ0n) is 11.4. The van der Waals surface area contributed by atoms with Gasteiger partial charge in [0, 0.05) is 23.3 Å². The van der Waals surface area contributed by atoms with Gasteiger partial charge in [-0.2, -0.15) is 11.3 Å². The van der Waals surface area contributed by atoms with Crippen LogP contribution in [-0.2, 0) is 11.8 Å². The molecule has 4 heteroatoms. The molecule has 2 heterocycles. The summed E-state index contributed by atoms with van der Waals surface area (Å²) in [6, 6.07) is 2.57. The van der Waals surface area contributed by atoms with Crippen molar-refractivity contribution < 1.29 is 0 Å². The third-order valence-electron chi connectivity index (χ3n) is 3.13. The second-order valence-corrected chi connectivity index (χ2v) is 6.95. The maximum absolute atomic E-state index is 5.42. The van der Waals surface area contributed by atoms with Crippen LogP contribution in [0.15, 0.2) is 23.0 Å². The second kappa shape index (κ2) is 5.02. The van der Waals surface area contributed by atoms with Crippen molar-refractivity contribution in [3.05, 3.63) is 39.1 Å². The van der Waals surface area contributed by atoms with Gasteiger partial charge in [0.15, 0.2) is 4.77 Å². The smallest absolute Gasteiger partial charge is 0.177 e. The fraction of sp³-hybridized carbons (Fsp3) is 0.500. The molecule has 1 N–H and O–H groups in total. The van der Waals surface area contributed by atoms with Crippen LogP contribution in [0.5, 0.6) is 0 Å². The molecular formula is C14H20N2S2. The van der Waals surface area contributed by atoms with Crippen molar-refractivity contribution in [3.8, 4) is 0 Å². The van der Waals surface area contributed by atoms with E-state index in [0.717, 1.165) is 11.2 Å². The number of nitrogens with zero attached hydrogens (tertiary/aromatic N) is 1. The number of nitrogens with one attached hydrogen (secondary N) is 1. The van der Waals surface area contributed by atoms with Crippen molar-refractivity contribution in [1.82, 2.24) is 9.55 Å². The quantitative estimate of drug-likeness (QED) is 0.808. The van der Waals surface area contributed by atoms with Crippen LogP contribution in [0.2, 0.25) is 0 Å². The van der Waals surface area contributed by atoms with E-state index >= 15 is 0 Å². The highest BCUT2D eigenvalue weighted by atomic mass is 32.1. The number of hydrogen-bond donors (Lipinski definition) is 1. The Hall–Kier alpha value is -0.870. The Morgan fingerprint density at radius 2 is 2.17 bits per heavy atom. The molecule has 2 nitrogen and oxygen atoms in total. The van der Waals surface area contributed by atoms with Crippen LogP contribution in [-0.4, -0.2) is 9.55 Å². The largest absolute Gasteiger partial charge is 0.337 e. The molecule has 0 radical (unpaired) electrons. The van der Waals surface area contributed by atoms with E-state index in [9.17, 15) is 0 Å². The number of rotatable bonds is 3. The minimum atomic E-state index is 0.108. The first-order valence-electron chi connectivity index (χ1n) is 6.21. The average Bonchev–Trinajstić information content (AvgIpc) is 2.85. The molecule has 0 amide bonds. The van der Waals surface area contributed by atoms with Gasteiger partial charge in [-0.05, 0) is 48.0 Å². The summed E-state index contributed by atoms with van der Waals surface area (Å²) in [5, 5.41) is 4.34. The summed E-state index contributed by atoms with van der Waals surface area (Å²) in [7, 11) is 0. The summed E-state index contributed by atoms with van der Waals surface area (Å²) >= 11 is 7.17. The minimum Gasteiger partial charge on any atom is -0.337 e. The van der Waals surface area contributed by atoms with Crippen LogP contribution in [0, 0.1) is 4.77 Å². The SMILES string of the molecule is CC(Cc1ccsc1)n1c(C(C)(C)C)c[nH]c1=S. The zero-order chi connectivity index (χ0) is 13.3. The molecule has 18 heavy (non-hydrogen) atoms. The predicted molar refractivity (Wildman–Crippen MR) is 81.1 cm³/mol. The normalized spacial score (nSPS) is 13.8. The van der Waals surface area contributed by atoms with Crippen molar-refractivity contribution in [2.24, 2.45) is 0 Å². The van der Waals surface area contributed by atoms with E-state index in [-0.39, 0.29) is 5.41 Å². The predicted octanol–water partition coefficient (Wildman–Crippen LogP) is 4.71. The van der Waals surface area contributed by atoms with Gasteiger partial charge in [0.2, 0.25) is 0 Å². The fourth-order valence-electron chi connectivity index (χ4n) is 2.24. The summed E-state index contributed by atoms with van der Waals surface area (Å²) < 4.78 is 3.08. The third kappa shape index (κ3) is 2.75. The molecule has 0 aliphatic rings. The lowest BCUT2D eigenvalue weighted by Gasteiger charge is -2.24. The number of thiophene rings is 1. The van der Waals surface area contributed by atoms with E-state index < -0.39 is 0 Å². The molecule has 0 aromatic carbocycles. The summed E-state index contributed by atoms with van der Waals surface area (Å²) in [5.74, 6) is 0. The first kappa shape index (κ1) is 13.6. The Morgan fingerprint density at radius 1 is 1.44 bits per heavy atom. The Morgan fingerprint density at radius 3 is 2.72 bits per heavy atom. The van der Waals surface area contributed by atoms with Crippen molar-refractivity contribution in [2.45, 2.75) is 45.6 Å². The molecular weight excluding hydrogens is 260 g/mol. The number of imidazole rings is 1. The van der Waals surface area contributed by atoms with Gasteiger partial charge >= 0.3 is 0 Å². The highest BCUT2D eigenvalue weighted by molar-refractivity contribution is 7.71. The number of aromatic nitrogens is 2. The van der Waals surface area contributed by atoms with Crippen LogP contribution < -0.4 is 0 Å². The van der Waals surface area contributed by atoms with E-state index in [2.05, 4.69) is 54.1 Å². The molecule has 0 aliphatic carbocycles. The number of hydrogen-bond acceptors (Lipinski definition) is 2. The molecule has 0 fully saturated rings. The summed E-state index contributed by atoms with van der Waals surface area (Å²) in [5.41, 5.74) is 2.77. The topological polar surface area (TPSA) is 20.7 Å². The van der Waals surface area contributed by atoms with Gasteiger partial charge in [-0.3, -0.25) is 0 Å². The van der Waals surface area contributed by atoms with Crippen LogP contribution in [0.4, 0.5) is 0 Å². The Balaban J connectivity index is 2.33. The first-order chi connectivity index (χ1) is 8.39. The van der Waals surface area contributed by atoms with Gasteiger partial charge in [-0.25, -0.2) is 0 Å². The zero-order valence-corrected chi connectivity index (χ0v) is 13.0. The first-order valence-corrected chi connectivity index (χ1v) is 7.56. The minimum absolute atomic E-state index is 0.108. The molecule has 2 aromatic rings. The molecule has 98 valence electrons. The van der Waals surface area contributed by atoms with Crippen LogP contribution in [0.1, 0.15) is 45.0 Å². The van der Waals surface area contributed by atoms with Gasteiger partial charge in [-0.1, -0.05) is 20.8 Å². The van der Waals surface area contributed by atoms with Gasteiger partial charge < -0.3 is 9.55 Å². The Labute approximate surface area is 118 Å². The lowest BCUT2D eigenvalue weighted by atomic mass is 9.92. The Kier molecular flexibility index (Phi) is 3.78. The lowest BCUT2D eigenvalue weighted by molar-refractivity contribution is 0.458. The van der Waals surface area contributed by atoms with Crippen molar-refractivity contribution in [2.75, 3.05) is 0 Å². The third-order valence-corrected chi connectivity index (χ3v) is 4.18. The molecule has 0 saturated heterocycles. The molecule has 0 bridgehead atoms. The van der Waals surface area contributed by atoms with Crippen molar-refractivity contribution in [1.29, 1.82) is 0 Å². The van der Waals surface area contributed by atoms with Crippen LogP contribution in [0.3, 0.4) is 0 Å². The van der Waals surface area contributed by atoms with E-state index in [1.165, 1.54) is 11.3 Å². The lowest BCUT2D eigenvalue weighted by Crippen LogP contribution is -2.21. The van der Waals surface area contributed by atoms with Crippen molar-refractivity contribution >= 4 is 23.6 Å². The van der Waals surface area contributed by atoms with Crippen LogP contribution in [0.25, 0.3) is 0 Å². The standard InChI is InChI=1S/C14H20N2S2/c1-10(7-11-5-6-18-9-11)16-12(14(2,3)4)8-15-13(16)17/h5-6,8-10H,7H2,1-4H3,(H,15,17). The van der Waals surface area contributed by atoms with E-state index in [0.29, 0.717) is 6.04 Å². The second-order valence-electron chi connectivity index (χ2n) is 5.78. The maximum atomic E-state index is 5.42. The molecule has 1 unspecified atom stereocenters. The number of aromatic amines is 1. The van der Waals surface area contributed by atoms with Gasteiger partial charge in [0.25, 0.3) is 0 Å². The van der Waals surface area contributed by atoms with E-state index in [1.54, 1.807) is 11.3 Å². The number of H-pyrrole nitrogens is 1. The molecule has 0 spiro atoms. The Bertz CT molecular complexity index is 555. The van der Waals surface area contributed by atoms with Gasteiger partial charge in [0.05, 0.1) is 0 Å². The van der Waals surface area contributed by atoms with Gasteiger partial charge in [0.1, 0.15) is 0 Å². The summed E-state index contributed by atoms with van der Waals surface area (Å²) in [4.78, 5) is 3.18. The highest BCUT2D eigenvalue weighted by Crippen LogP contribution is 2.27. The molecule has 2 aromatic heterocycles. The molecule has 1 atom stereocenters. The summed E-state index contributed by atoms with van der Waals surface area (Å²) in [6.45, 7) is 8.90. The highest BCUT2D eigenvalue weighted by Gasteiger charge is 2.22. The van der Waals surface area contributed by atoms with E-state index in [4.69, 9.17) is 12.2 Å². The average molecular weight is 280 g/mol. The molecule has 0 aliphatic heterocycles.